The van der Waals surface area contributed by atoms with E-state index in [9.17, 15) is 9.59 Å². The van der Waals surface area contributed by atoms with E-state index in [2.05, 4.69) is 13.8 Å². The molecule has 1 aliphatic rings. The van der Waals surface area contributed by atoms with Crippen molar-refractivity contribution in [2.75, 3.05) is 0 Å². The predicted octanol–water partition coefficient (Wildman–Crippen LogP) is 3.40. The van der Waals surface area contributed by atoms with E-state index in [4.69, 9.17) is 4.84 Å². The highest BCUT2D eigenvalue weighted by atomic mass is 16.7. The first kappa shape index (κ1) is 13.4. The van der Waals surface area contributed by atoms with Gasteiger partial charge in [0.15, 0.2) is 5.75 Å². The molecule has 106 valence electrons. The van der Waals surface area contributed by atoms with Crippen molar-refractivity contribution in [3.05, 3.63) is 65.2 Å². The fourth-order valence-corrected chi connectivity index (χ4v) is 2.29. The summed E-state index contributed by atoms with van der Waals surface area (Å²) in [4.78, 5) is 29.9. The van der Waals surface area contributed by atoms with Crippen molar-refractivity contribution in [3.8, 4) is 5.75 Å². The molecular weight excluding hydrogens is 266 g/mol. The minimum Gasteiger partial charge on any atom is -0.368 e. The van der Waals surface area contributed by atoms with Crippen LogP contribution in [0.2, 0.25) is 0 Å². The van der Waals surface area contributed by atoms with Crippen LogP contribution in [-0.2, 0) is 0 Å². The molecule has 21 heavy (non-hydrogen) atoms. The predicted molar refractivity (Wildman–Crippen MR) is 78.1 cm³/mol. The van der Waals surface area contributed by atoms with E-state index in [1.165, 1.54) is 0 Å². The number of benzene rings is 2. The summed E-state index contributed by atoms with van der Waals surface area (Å²) in [7, 11) is 0. The van der Waals surface area contributed by atoms with E-state index in [0.717, 1.165) is 10.6 Å². The van der Waals surface area contributed by atoms with E-state index in [1.54, 1.807) is 30.3 Å². The van der Waals surface area contributed by atoms with Crippen LogP contribution >= 0.6 is 0 Å². The highest BCUT2D eigenvalue weighted by Gasteiger charge is 2.37. The summed E-state index contributed by atoms with van der Waals surface area (Å²) in [6, 6.07) is 14.1. The number of fused-ring (bicyclic) bond motifs is 1. The van der Waals surface area contributed by atoms with E-state index in [-0.39, 0.29) is 0 Å². The average molecular weight is 281 g/mol. The number of hydrogen-bond acceptors (Lipinski definition) is 3. The van der Waals surface area contributed by atoms with Crippen molar-refractivity contribution < 1.29 is 14.4 Å². The monoisotopic (exact) mass is 281 g/mol. The number of imide groups is 1. The second kappa shape index (κ2) is 5.05. The first-order valence-electron chi connectivity index (χ1n) is 6.83. The molecule has 0 unspecified atom stereocenters. The van der Waals surface area contributed by atoms with Crippen LogP contribution in [0.1, 0.15) is 46.0 Å². The Bertz CT molecular complexity index is 686. The van der Waals surface area contributed by atoms with Crippen molar-refractivity contribution in [3.63, 3.8) is 0 Å². The molecule has 0 atom stereocenters. The fourth-order valence-electron chi connectivity index (χ4n) is 2.29. The van der Waals surface area contributed by atoms with E-state index >= 15 is 0 Å². The maximum Gasteiger partial charge on any atom is 0.295 e. The molecule has 0 fully saturated rings. The topological polar surface area (TPSA) is 46.6 Å². The first-order chi connectivity index (χ1) is 10.1. The Balaban J connectivity index is 1.89. The van der Waals surface area contributed by atoms with Crippen LogP contribution < -0.4 is 4.84 Å². The molecule has 2 aromatic carbocycles. The molecule has 4 heteroatoms. The molecule has 0 aromatic heterocycles. The Hall–Kier alpha value is -2.62. The van der Waals surface area contributed by atoms with E-state index in [1.807, 2.05) is 18.2 Å². The molecule has 0 saturated carbocycles. The number of carbonyl (C=O) groups is 2. The van der Waals surface area contributed by atoms with Crippen molar-refractivity contribution in [2.24, 2.45) is 0 Å². The smallest absolute Gasteiger partial charge is 0.295 e. The molecule has 2 aromatic rings. The SMILES string of the molecule is CC(C)c1cccc(ON2C(=O)c3ccccc3C2=O)c1. The van der Waals surface area contributed by atoms with E-state index in [0.29, 0.717) is 22.8 Å². The standard InChI is InChI=1S/C17H15NO3/c1-11(2)12-6-5-7-13(10-12)21-18-16(19)14-8-3-4-9-15(14)17(18)20/h3-11H,1-2H3. The number of hydroxylamine groups is 2. The van der Waals surface area contributed by atoms with E-state index < -0.39 is 11.8 Å². The van der Waals surface area contributed by atoms with Crippen LogP contribution in [0, 0.1) is 0 Å². The first-order valence-corrected chi connectivity index (χ1v) is 6.83. The molecule has 1 heterocycles. The second-order valence-electron chi connectivity index (χ2n) is 5.27. The van der Waals surface area contributed by atoms with Crippen LogP contribution in [0.5, 0.6) is 5.75 Å². The maximum atomic E-state index is 12.2. The lowest BCUT2D eigenvalue weighted by Crippen LogP contribution is -2.33. The Kier molecular flexibility index (Phi) is 3.22. The van der Waals surface area contributed by atoms with Gasteiger partial charge in [0, 0.05) is 0 Å². The van der Waals surface area contributed by atoms with Crippen LogP contribution in [-0.4, -0.2) is 16.9 Å². The third-order valence-electron chi connectivity index (χ3n) is 3.48. The van der Waals surface area contributed by atoms with Gasteiger partial charge in [-0.1, -0.05) is 43.2 Å². The summed E-state index contributed by atoms with van der Waals surface area (Å²) in [5, 5.41) is 0.824. The Morgan fingerprint density at radius 2 is 1.52 bits per heavy atom. The molecule has 0 saturated heterocycles. The third-order valence-corrected chi connectivity index (χ3v) is 3.48. The second-order valence-corrected chi connectivity index (χ2v) is 5.27. The van der Waals surface area contributed by atoms with Crippen LogP contribution in [0.15, 0.2) is 48.5 Å². The number of amides is 2. The molecule has 2 amide bonds. The van der Waals surface area contributed by atoms with Crippen molar-refractivity contribution in [2.45, 2.75) is 19.8 Å². The van der Waals surface area contributed by atoms with Gasteiger partial charge in [-0.15, -0.1) is 0 Å². The molecule has 0 spiro atoms. The lowest BCUT2D eigenvalue weighted by molar-refractivity contribution is -0.0141. The minimum absolute atomic E-state index is 0.343. The summed E-state index contributed by atoms with van der Waals surface area (Å²) in [5.74, 6) is -0.0254. The minimum atomic E-state index is -0.425. The Morgan fingerprint density at radius 1 is 0.905 bits per heavy atom. The lowest BCUT2D eigenvalue weighted by atomic mass is 10.0. The normalized spacial score (nSPS) is 13.8. The zero-order valence-electron chi connectivity index (χ0n) is 11.9. The van der Waals surface area contributed by atoms with Gasteiger partial charge in [-0.25, -0.2) is 0 Å². The van der Waals surface area contributed by atoms with Gasteiger partial charge < -0.3 is 4.84 Å². The van der Waals surface area contributed by atoms with Crippen molar-refractivity contribution in [1.29, 1.82) is 0 Å². The number of hydrogen-bond donors (Lipinski definition) is 0. The van der Waals surface area contributed by atoms with Gasteiger partial charge in [0.1, 0.15) is 0 Å². The highest BCUT2D eigenvalue weighted by Crippen LogP contribution is 2.26. The van der Waals surface area contributed by atoms with Gasteiger partial charge in [-0.2, -0.15) is 0 Å². The number of nitrogens with zero attached hydrogens (tertiary/aromatic N) is 1. The van der Waals surface area contributed by atoms with Crippen LogP contribution in [0.3, 0.4) is 0 Å². The fraction of sp³-hybridized carbons (Fsp3) is 0.176. The largest absolute Gasteiger partial charge is 0.368 e. The van der Waals surface area contributed by atoms with Crippen LogP contribution in [0.4, 0.5) is 0 Å². The van der Waals surface area contributed by atoms with Gasteiger partial charge in [-0.05, 0) is 35.7 Å². The van der Waals surface area contributed by atoms with Crippen LogP contribution in [0.25, 0.3) is 0 Å². The van der Waals surface area contributed by atoms with Gasteiger partial charge in [0.05, 0.1) is 11.1 Å². The third kappa shape index (κ3) is 2.29. The molecule has 1 aliphatic heterocycles. The zero-order chi connectivity index (χ0) is 15.0. The Morgan fingerprint density at radius 3 is 2.10 bits per heavy atom. The maximum absolute atomic E-state index is 12.2. The molecular formula is C17H15NO3. The quantitative estimate of drug-likeness (QED) is 0.810. The number of carbonyl (C=O) groups excluding carboxylic acids is 2. The summed E-state index contributed by atoms with van der Waals surface area (Å²) in [6.45, 7) is 4.14. The van der Waals surface area contributed by atoms with Crippen molar-refractivity contribution >= 4 is 11.8 Å². The van der Waals surface area contributed by atoms with Crippen molar-refractivity contribution in [1.82, 2.24) is 5.06 Å². The summed E-state index contributed by atoms with van der Waals surface area (Å²) in [5.41, 5.74) is 1.84. The molecule has 0 bridgehead atoms. The Labute approximate surface area is 122 Å². The summed E-state index contributed by atoms with van der Waals surface area (Å²) >= 11 is 0. The van der Waals surface area contributed by atoms with Gasteiger partial charge >= 0.3 is 0 Å². The highest BCUT2D eigenvalue weighted by molar-refractivity contribution is 6.20. The summed E-state index contributed by atoms with van der Waals surface area (Å²) in [6.07, 6.45) is 0. The number of rotatable bonds is 3. The molecule has 0 N–H and O–H groups in total. The van der Waals surface area contributed by atoms with Gasteiger partial charge in [0.25, 0.3) is 11.8 Å². The molecule has 4 nitrogen and oxygen atoms in total. The van der Waals surface area contributed by atoms with Gasteiger partial charge in [0.2, 0.25) is 0 Å². The lowest BCUT2D eigenvalue weighted by Gasteiger charge is -2.15. The zero-order valence-corrected chi connectivity index (χ0v) is 11.9. The molecule has 0 aliphatic carbocycles. The van der Waals surface area contributed by atoms with Gasteiger partial charge in [-0.3, -0.25) is 9.59 Å². The molecule has 3 rings (SSSR count). The average Bonchev–Trinajstić information content (AvgIpc) is 2.73. The molecule has 0 radical (unpaired) electrons. The summed E-state index contributed by atoms with van der Waals surface area (Å²) < 4.78 is 0.